The van der Waals surface area contributed by atoms with Crippen molar-refractivity contribution in [2.24, 2.45) is 11.7 Å². The number of carboxylic acid groups (broad SMARTS) is 1. The first-order chi connectivity index (χ1) is 20.0. The second-order valence-electron chi connectivity index (χ2n) is 10.6. The van der Waals surface area contributed by atoms with Crippen LogP contribution in [0.1, 0.15) is 48.9 Å². The number of carbonyl (C=O) groups is 2. The van der Waals surface area contributed by atoms with Gasteiger partial charge in [0.05, 0.1) is 12.5 Å². The molecule has 10 nitrogen and oxygen atoms in total. The van der Waals surface area contributed by atoms with Crippen molar-refractivity contribution in [2.75, 3.05) is 31.3 Å². The molecule has 41 heavy (non-hydrogen) atoms. The van der Waals surface area contributed by atoms with Gasteiger partial charge in [0.15, 0.2) is 11.5 Å². The first-order valence-corrected chi connectivity index (χ1v) is 14.2. The van der Waals surface area contributed by atoms with Crippen molar-refractivity contribution in [3.8, 4) is 11.5 Å². The van der Waals surface area contributed by atoms with E-state index in [9.17, 15) is 14.7 Å². The van der Waals surface area contributed by atoms with Crippen LogP contribution in [0.15, 0.2) is 61.1 Å². The van der Waals surface area contributed by atoms with Gasteiger partial charge in [-0.05, 0) is 60.7 Å². The molecule has 216 valence electrons. The summed E-state index contributed by atoms with van der Waals surface area (Å²) in [6.45, 7) is 3.75. The van der Waals surface area contributed by atoms with E-state index in [0.717, 1.165) is 35.3 Å². The van der Waals surface area contributed by atoms with E-state index >= 15 is 0 Å². The maximum atomic E-state index is 13.9. The van der Waals surface area contributed by atoms with Gasteiger partial charge >= 0.3 is 5.97 Å². The lowest BCUT2D eigenvalue weighted by Crippen LogP contribution is -2.44. The highest BCUT2D eigenvalue weighted by Crippen LogP contribution is 2.43. The van der Waals surface area contributed by atoms with Gasteiger partial charge in [0.25, 0.3) is 0 Å². The number of nitrogens with two attached hydrogens (primary N) is 1. The first-order valence-electron chi connectivity index (χ1n) is 14.2. The molecule has 3 atom stereocenters. The molecule has 0 bridgehead atoms. The van der Waals surface area contributed by atoms with Gasteiger partial charge in [-0.25, -0.2) is 9.97 Å². The number of hydrogen-bond acceptors (Lipinski definition) is 8. The van der Waals surface area contributed by atoms with Crippen LogP contribution in [-0.4, -0.2) is 64.3 Å². The predicted molar refractivity (Wildman–Crippen MR) is 154 cm³/mol. The number of amides is 1. The molecule has 1 unspecified atom stereocenters. The monoisotopic (exact) mass is 559 g/mol. The molecule has 3 heterocycles. The van der Waals surface area contributed by atoms with Crippen LogP contribution in [0.4, 0.5) is 5.69 Å². The van der Waals surface area contributed by atoms with E-state index in [1.165, 1.54) is 6.33 Å². The van der Waals surface area contributed by atoms with Gasteiger partial charge in [0, 0.05) is 49.2 Å². The highest BCUT2D eigenvalue weighted by molar-refractivity contribution is 5.95. The Morgan fingerprint density at radius 3 is 2.76 bits per heavy atom. The summed E-state index contributed by atoms with van der Waals surface area (Å²) in [6, 6.07) is 14.8. The minimum atomic E-state index is -0.881. The first kappa shape index (κ1) is 28.5. The van der Waals surface area contributed by atoms with Crippen LogP contribution in [-0.2, 0) is 22.6 Å². The van der Waals surface area contributed by atoms with E-state index in [1.54, 1.807) is 6.20 Å². The van der Waals surface area contributed by atoms with Crippen molar-refractivity contribution in [3.63, 3.8) is 0 Å². The van der Waals surface area contributed by atoms with Gasteiger partial charge in [0.2, 0.25) is 12.7 Å². The number of ether oxygens (including phenoxy) is 2. The van der Waals surface area contributed by atoms with E-state index in [4.69, 9.17) is 15.2 Å². The molecule has 2 aliphatic rings. The van der Waals surface area contributed by atoms with E-state index in [2.05, 4.69) is 16.9 Å². The molecule has 3 N–H and O–H groups in total. The third-order valence-corrected chi connectivity index (χ3v) is 8.03. The van der Waals surface area contributed by atoms with Crippen LogP contribution in [0, 0.1) is 5.92 Å². The summed E-state index contributed by atoms with van der Waals surface area (Å²) in [5, 5.41) is 10.5. The molecule has 0 radical (unpaired) electrons. The highest BCUT2D eigenvalue weighted by atomic mass is 16.7. The van der Waals surface area contributed by atoms with Crippen molar-refractivity contribution in [1.29, 1.82) is 0 Å². The number of anilines is 1. The largest absolute Gasteiger partial charge is 0.481 e. The summed E-state index contributed by atoms with van der Waals surface area (Å²) >= 11 is 0. The number of nitrogens with zero attached hydrogens (tertiary/aromatic N) is 4. The number of aryl methyl sites for hydroxylation is 1. The van der Waals surface area contributed by atoms with E-state index in [-0.39, 0.29) is 31.2 Å². The number of hydrogen-bond donors (Lipinski definition) is 2. The fourth-order valence-corrected chi connectivity index (χ4v) is 5.92. The lowest BCUT2D eigenvalue weighted by Gasteiger charge is -2.30. The standard InChI is InChI=1S/C31H37N5O5/c1-2-3-13-36(24-6-4-5-21(14-24)16-32)29(37)18-35-17-25(22-7-10-27-28(15-22)41-20-40-27)30(31(38)39)26(35)9-8-23-11-12-33-19-34-23/h4-7,10-12,14-15,19,25-26,30H,2-3,8-9,13,16-18,20,32H2,1H3,(H,38,39)/t25-,26+,30?/m1/s1. The second-order valence-corrected chi connectivity index (χ2v) is 10.6. The number of carbonyl (C=O) groups excluding carboxylic acids is 1. The van der Waals surface area contributed by atoms with Crippen LogP contribution in [0.25, 0.3) is 0 Å². The Labute approximate surface area is 240 Å². The molecule has 5 rings (SSSR count). The van der Waals surface area contributed by atoms with Crippen molar-refractivity contribution in [1.82, 2.24) is 14.9 Å². The minimum absolute atomic E-state index is 0.0601. The summed E-state index contributed by atoms with van der Waals surface area (Å²) < 4.78 is 11.1. The van der Waals surface area contributed by atoms with Gasteiger partial charge in [-0.2, -0.15) is 0 Å². The molecule has 1 fully saturated rings. The van der Waals surface area contributed by atoms with Crippen LogP contribution in [0.3, 0.4) is 0 Å². The normalized spacial score (nSPS) is 19.8. The average Bonchev–Trinajstić information content (AvgIpc) is 3.61. The number of benzene rings is 2. The van der Waals surface area contributed by atoms with E-state index < -0.39 is 11.9 Å². The minimum Gasteiger partial charge on any atom is -0.481 e. The van der Waals surface area contributed by atoms with E-state index in [1.807, 2.05) is 58.3 Å². The number of aliphatic carboxylic acids is 1. The van der Waals surface area contributed by atoms with Crippen LogP contribution >= 0.6 is 0 Å². The topological polar surface area (TPSA) is 131 Å². The van der Waals surface area contributed by atoms with Crippen molar-refractivity contribution < 1.29 is 24.2 Å². The highest BCUT2D eigenvalue weighted by Gasteiger charge is 2.47. The van der Waals surface area contributed by atoms with Gasteiger partial charge in [0.1, 0.15) is 6.33 Å². The zero-order valence-electron chi connectivity index (χ0n) is 23.3. The lowest BCUT2D eigenvalue weighted by atomic mass is 9.83. The summed E-state index contributed by atoms with van der Waals surface area (Å²) in [7, 11) is 0. The fourth-order valence-electron chi connectivity index (χ4n) is 5.92. The molecule has 1 aromatic heterocycles. The SMILES string of the molecule is CCCCN(C(=O)CN1C[C@H](c2ccc3c(c2)OCO3)C(C(=O)O)[C@@H]1CCc1ccncn1)c1cccc(CN)c1. The summed E-state index contributed by atoms with van der Waals surface area (Å²) in [5.41, 5.74) is 9.35. The summed E-state index contributed by atoms with van der Waals surface area (Å²) in [5.74, 6) is -0.713. The van der Waals surface area contributed by atoms with Crippen molar-refractivity contribution in [3.05, 3.63) is 77.9 Å². The van der Waals surface area contributed by atoms with Gasteiger partial charge in [-0.1, -0.05) is 31.5 Å². The molecule has 1 amide bonds. The number of likely N-dealkylation sites (tertiary alicyclic amines) is 1. The predicted octanol–water partition coefficient (Wildman–Crippen LogP) is 3.60. The smallest absolute Gasteiger partial charge is 0.308 e. The van der Waals surface area contributed by atoms with Crippen molar-refractivity contribution in [2.45, 2.75) is 51.1 Å². The number of aromatic nitrogens is 2. The maximum Gasteiger partial charge on any atom is 0.308 e. The molecular formula is C31H37N5O5. The Hall–Kier alpha value is -4.02. The number of rotatable bonds is 12. The summed E-state index contributed by atoms with van der Waals surface area (Å²) in [6.07, 6.45) is 6.10. The quantitative estimate of drug-likeness (QED) is 0.342. The molecule has 2 aromatic carbocycles. The third kappa shape index (κ3) is 6.49. The third-order valence-electron chi connectivity index (χ3n) is 8.03. The molecule has 0 aliphatic carbocycles. The lowest BCUT2D eigenvalue weighted by molar-refractivity contribution is -0.143. The fraction of sp³-hybridized carbons (Fsp3) is 0.419. The average molecular weight is 560 g/mol. The zero-order valence-corrected chi connectivity index (χ0v) is 23.3. The van der Waals surface area contributed by atoms with Gasteiger partial charge in [-0.3, -0.25) is 14.5 Å². The number of unbranched alkanes of at least 4 members (excludes halogenated alkanes) is 1. The Kier molecular flexibility index (Phi) is 9.11. The van der Waals surface area contributed by atoms with Crippen molar-refractivity contribution >= 4 is 17.6 Å². The molecule has 1 saturated heterocycles. The number of fused-ring (bicyclic) bond motifs is 1. The zero-order chi connectivity index (χ0) is 28.8. The maximum absolute atomic E-state index is 13.9. The van der Waals surface area contributed by atoms with Gasteiger partial charge in [-0.15, -0.1) is 0 Å². The Balaban J connectivity index is 1.44. The Morgan fingerprint density at radius 1 is 1.15 bits per heavy atom. The van der Waals surface area contributed by atoms with Gasteiger partial charge < -0.3 is 25.2 Å². The Bertz CT molecular complexity index is 1350. The molecule has 10 heteroatoms. The second kappa shape index (κ2) is 13.1. The van der Waals surface area contributed by atoms with Crippen LogP contribution < -0.4 is 20.1 Å². The molecule has 0 spiro atoms. The molecule has 0 saturated carbocycles. The van der Waals surface area contributed by atoms with Crippen LogP contribution in [0.2, 0.25) is 0 Å². The molecule has 3 aromatic rings. The molecule has 2 aliphatic heterocycles. The van der Waals surface area contributed by atoms with Crippen LogP contribution in [0.5, 0.6) is 11.5 Å². The van der Waals surface area contributed by atoms with E-state index in [0.29, 0.717) is 44.0 Å². The summed E-state index contributed by atoms with van der Waals surface area (Å²) in [4.78, 5) is 39.0. The number of carboxylic acids is 1. The molecular weight excluding hydrogens is 522 g/mol. The Morgan fingerprint density at radius 2 is 2.00 bits per heavy atom.